The van der Waals surface area contributed by atoms with Gasteiger partial charge in [-0.15, -0.1) is 0 Å². The molecule has 2 atom stereocenters. The van der Waals surface area contributed by atoms with Crippen LogP contribution in [0.1, 0.15) is 48.5 Å². The Hall–Kier alpha value is -2.19. The molecule has 0 saturated carbocycles. The fourth-order valence-corrected chi connectivity index (χ4v) is 10.5. The van der Waals surface area contributed by atoms with E-state index in [-0.39, 0.29) is 22.8 Å². The number of benzene rings is 2. The van der Waals surface area contributed by atoms with Gasteiger partial charge in [-0.1, -0.05) is 81.4 Å². The van der Waals surface area contributed by atoms with Crippen LogP contribution in [0.25, 0.3) is 0 Å². The van der Waals surface area contributed by atoms with Crippen molar-refractivity contribution in [2.24, 2.45) is 0 Å². The largest absolute Gasteiger partial charge is 0.444 e. The van der Waals surface area contributed by atoms with Crippen molar-refractivity contribution in [3.05, 3.63) is 60.7 Å². The van der Waals surface area contributed by atoms with Crippen molar-refractivity contribution in [2.45, 2.75) is 70.7 Å². The van der Waals surface area contributed by atoms with Crippen LogP contribution in [0.15, 0.2) is 60.7 Å². The summed E-state index contributed by atoms with van der Waals surface area (Å²) in [7, 11) is -2.72. The number of hydrogen-bond acceptors (Lipinski definition) is 5. The van der Waals surface area contributed by atoms with Crippen molar-refractivity contribution < 1.29 is 18.7 Å². The van der Waals surface area contributed by atoms with Gasteiger partial charge in [0.25, 0.3) is 8.32 Å². The molecule has 2 aromatic carbocycles. The third kappa shape index (κ3) is 5.65. The minimum absolute atomic E-state index is 0.0909. The van der Waals surface area contributed by atoms with E-state index in [1.165, 1.54) is 10.4 Å². The monoisotopic (exact) mass is 524 g/mol. The van der Waals surface area contributed by atoms with E-state index in [2.05, 4.69) is 93.3 Å². The molecule has 202 valence electrons. The Balaban J connectivity index is 1.62. The predicted molar refractivity (Wildman–Crippen MR) is 151 cm³/mol. The molecule has 1 amide bonds. The summed E-state index contributed by atoms with van der Waals surface area (Å²) in [5.74, 6) is 0. The van der Waals surface area contributed by atoms with Gasteiger partial charge in [-0.2, -0.15) is 0 Å². The van der Waals surface area contributed by atoms with Gasteiger partial charge in [0.1, 0.15) is 5.60 Å². The average Bonchev–Trinajstić information content (AvgIpc) is 3.23. The zero-order valence-corrected chi connectivity index (χ0v) is 24.6. The molecule has 0 bridgehead atoms. The van der Waals surface area contributed by atoms with Crippen LogP contribution in [0.5, 0.6) is 0 Å². The molecular formula is C30H44N2O4Si. The molecule has 0 aliphatic carbocycles. The maximum atomic E-state index is 12.6. The lowest BCUT2D eigenvalue weighted by atomic mass is 9.95. The standard InChI is InChI=1S/C30H44N2O4Si/c1-28(2,3)35-27(33)31-18-20-32(21-19-31)30(7)23-34-22-26(30)36-37(29(4,5)6,24-14-10-8-11-15-24)25-16-12-9-13-17-25/h8-17,26H,18-23H2,1-7H3. The molecule has 4 rings (SSSR count). The quantitative estimate of drug-likeness (QED) is 0.547. The van der Waals surface area contributed by atoms with Crippen molar-refractivity contribution in [1.29, 1.82) is 0 Å². The number of hydrogen-bond donors (Lipinski definition) is 0. The van der Waals surface area contributed by atoms with Crippen molar-refractivity contribution in [1.82, 2.24) is 9.80 Å². The van der Waals surface area contributed by atoms with Gasteiger partial charge in [-0.05, 0) is 43.1 Å². The number of ether oxygens (including phenoxy) is 2. The molecule has 2 saturated heterocycles. The molecule has 37 heavy (non-hydrogen) atoms. The third-order valence-corrected chi connectivity index (χ3v) is 12.8. The van der Waals surface area contributed by atoms with E-state index in [0.717, 1.165) is 13.1 Å². The van der Waals surface area contributed by atoms with Crippen LogP contribution in [-0.2, 0) is 13.9 Å². The van der Waals surface area contributed by atoms with Gasteiger partial charge < -0.3 is 18.8 Å². The first-order valence-corrected chi connectivity index (χ1v) is 15.4. The first-order chi connectivity index (χ1) is 17.4. The maximum absolute atomic E-state index is 12.6. The molecule has 2 aliphatic rings. The molecule has 0 spiro atoms. The van der Waals surface area contributed by atoms with Gasteiger partial charge in [0.15, 0.2) is 0 Å². The van der Waals surface area contributed by atoms with Crippen molar-refractivity contribution in [2.75, 3.05) is 39.4 Å². The van der Waals surface area contributed by atoms with Crippen LogP contribution in [-0.4, -0.2) is 80.8 Å². The second-order valence-corrected chi connectivity index (χ2v) is 16.8. The number of rotatable bonds is 5. The molecule has 0 N–H and O–H groups in total. The zero-order valence-electron chi connectivity index (χ0n) is 23.6. The summed E-state index contributed by atoms with van der Waals surface area (Å²) in [6, 6.07) is 21.6. The summed E-state index contributed by atoms with van der Waals surface area (Å²) in [6.45, 7) is 18.9. The van der Waals surface area contributed by atoms with E-state index in [9.17, 15) is 4.79 Å². The molecule has 6 nitrogen and oxygen atoms in total. The number of nitrogens with zero attached hydrogens (tertiary/aromatic N) is 2. The van der Waals surface area contributed by atoms with Crippen LogP contribution in [0.3, 0.4) is 0 Å². The molecule has 2 aliphatic heterocycles. The molecule has 0 aromatic heterocycles. The second kappa shape index (κ2) is 10.5. The van der Waals surface area contributed by atoms with Gasteiger partial charge in [0, 0.05) is 26.2 Å². The van der Waals surface area contributed by atoms with E-state index < -0.39 is 13.9 Å². The number of carbonyl (C=O) groups excluding carboxylic acids is 1. The summed E-state index contributed by atoms with van der Waals surface area (Å²) >= 11 is 0. The van der Waals surface area contributed by atoms with Crippen LogP contribution in [0.2, 0.25) is 5.04 Å². The Morgan fingerprint density at radius 1 is 0.892 bits per heavy atom. The van der Waals surface area contributed by atoms with Crippen LogP contribution in [0, 0.1) is 0 Å². The predicted octanol–water partition coefficient (Wildman–Crippen LogP) is 4.27. The number of piperazine rings is 1. The highest BCUT2D eigenvalue weighted by atomic mass is 28.4. The fraction of sp³-hybridized carbons (Fsp3) is 0.567. The van der Waals surface area contributed by atoms with Crippen molar-refractivity contribution in [3.8, 4) is 0 Å². The van der Waals surface area contributed by atoms with Gasteiger partial charge >= 0.3 is 6.09 Å². The Labute approximate surface area is 224 Å². The first-order valence-electron chi connectivity index (χ1n) is 13.5. The lowest BCUT2D eigenvalue weighted by molar-refractivity contribution is -0.0229. The van der Waals surface area contributed by atoms with Gasteiger partial charge in [-0.25, -0.2) is 4.79 Å². The highest BCUT2D eigenvalue weighted by Gasteiger charge is 2.56. The highest BCUT2D eigenvalue weighted by Crippen LogP contribution is 2.41. The number of carbonyl (C=O) groups is 1. The van der Waals surface area contributed by atoms with Crippen LogP contribution in [0.4, 0.5) is 4.79 Å². The van der Waals surface area contributed by atoms with E-state index in [1.54, 1.807) is 0 Å². The summed E-state index contributed by atoms with van der Waals surface area (Å²) < 4.78 is 19.3. The highest BCUT2D eigenvalue weighted by molar-refractivity contribution is 6.99. The molecule has 2 heterocycles. The molecule has 0 radical (unpaired) electrons. The Morgan fingerprint density at radius 2 is 1.41 bits per heavy atom. The van der Waals surface area contributed by atoms with Gasteiger partial charge in [-0.3, -0.25) is 4.90 Å². The summed E-state index contributed by atoms with van der Waals surface area (Å²) in [5, 5.41) is 2.45. The Kier molecular flexibility index (Phi) is 7.91. The first kappa shape index (κ1) is 27.8. The van der Waals surface area contributed by atoms with Crippen molar-refractivity contribution >= 4 is 24.8 Å². The number of amides is 1. The van der Waals surface area contributed by atoms with Gasteiger partial charge in [0.05, 0.1) is 24.9 Å². The third-order valence-electron chi connectivity index (χ3n) is 7.75. The molecule has 7 heteroatoms. The maximum Gasteiger partial charge on any atom is 0.410 e. The molecule has 2 fully saturated rings. The second-order valence-electron chi connectivity index (χ2n) is 12.6. The summed E-state index contributed by atoms with van der Waals surface area (Å²) in [4.78, 5) is 16.9. The zero-order chi connectivity index (χ0) is 26.9. The average molecular weight is 525 g/mol. The van der Waals surface area contributed by atoms with Gasteiger partial charge in [0.2, 0.25) is 0 Å². The minimum atomic E-state index is -2.72. The summed E-state index contributed by atoms with van der Waals surface area (Å²) in [5.41, 5.74) is -0.776. The van der Waals surface area contributed by atoms with E-state index in [0.29, 0.717) is 26.3 Å². The van der Waals surface area contributed by atoms with E-state index in [1.807, 2.05) is 25.7 Å². The van der Waals surface area contributed by atoms with Crippen molar-refractivity contribution in [3.63, 3.8) is 0 Å². The minimum Gasteiger partial charge on any atom is -0.444 e. The van der Waals surface area contributed by atoms with E-state index in [4.69, 9.17) is 13.9 Å². The lowest BCUT2D eigenvalue weighted by Gasteiger charge is -2.50. The van der Waals surface area contributed by atoms with Crippen LogP contribution < -0.4 is 10.4 Å². The topological polar surface area (TPSA) is 51.2 Å². The normalized spacial score (nSPS) is 23.8. The Morgan fingerprint density at radius 3 is 1.86 bits per heavy atom. The smallest absolute Gasteiger partial charge is 0.410 e. The fourth-order valence-electron chi connectivity index (χ4n) is 5.73. The van der Waals surface area contributed by atoms with Crippen LogP contribution >= 0.6 is 0 Å². The Bertz CT molecular complexity index is 1000. The summed E-state index contributed by atoms with van der Waals surface area (Å²) in [6.07, 6.45) is -0.327. The molecule has 2 unspecified atom stereocenters. The lowest BCUT2D eigenvalue weighted by Crippen LogP contribution is -2.71. The SMILES string of the molecule is CC(C)(C)OC(=O)N1CCN(C2(C)COCC2O[Si](c2ccccc2)(c2ccccc2)C(C)(C)C)CC1. The molecular weight excluding hydrogens is 480 g/mol. The molecule has 2 aromatic rings. The van der Waals surface area contributed by atoms with E-state index >= 15 is 0 Å².